The first-order valence-electron chi connectivity index (χ1n) is 6.87. The van der Waals surface area contributed by atoms with Gasteiger partial charge in [-0.3, -0.25) is 4.79 Å². The lowest BCUT2D eigenvalue weighted by Gasteiger charge is -2.31. The maximum atomic E-state index is 12.3. The third kappa shape index (κ3) is 3.64. The van der Waals surface area contributed by atoms with E-state index >= 15 is 0 Å². The Hall–Kier alpha value is -1.26. The van der Waals surface area contributed by atoms with Crippen LogP contribution in [0.4, 0.5) is 0 Å². The summed E-state index contributed by atoms with van der Waals surface area (Å²) in [6.45, 7) is 4.83. The van der Waals surface area contributed by atoms with Crippen LogP contribution in [-0.2, 0) is 4.79 Å². The summed E-state index contributed by atoms with van der Waals surface area (Å²) in [6.07, 6.45) is 0.388. The number of hydrogen-bond donors (Lipinski definition) is 1. The smallest absolute Gasteiger partial charge is 0.263 e. The molecule has 1 amide bonds. The molecule has 2 rings (SSSR count). The number of aryl methyl sites for hydroxylation is 1. The van der Waals surface area contributed by atoms with E-state index in [0.717, 1.165) is 5.56 Å². The van der Waals surface area contributed by atoms with Crippen molar-refractivity contribution in [3.8, 4) is 5.75 Å². The number of hydrogen-bond acceptors (Lipinski definition) is 3. The van der Waals surface area contributed by atoms with Gasteiger partial charge in [0.2, 0.25) is 0 Å². The highest BCUT2D eigenvalue weighted by Gasteiger charge is 2.26. The van der Waals surface area contributed by atoms with Crippen LogP contribution in [0.2, 0.25) is 5.02 Å². The minimum Gasteiger partial charge on any atom is -0.479 e. The fourth-order valence-corrected chi connectivity index (χ4v) is 2.45. The second-order valence-electron chi connectivity index (χ2n) is 5.25. The Morgan fingerprint density at radius 1 is 1.45 bits per heavy atom. The highest BCUT2D eigenvalue weighted by atomic mass is 35.5. The Morgan fingerprint density at radius 3 is 2.75 bits per heavy atom. The molecule has 20 heavy (non-hydrogen) atoms. The monoisotopic (exact) mass is 297 g/mol. The van der Waals surface area contributed by atoms with E-state index in [4.69, 9.17) is 16.3 Å². The second-order valence-corrected chi connectivity index (χ2v) is 5.66. The zero-order valence-corrected chi connectivity index (χ0v) is 12.6. The lowest BCUT2D eigenvalue weighted by Crippen LogP contribution is -2.45. The molecule has 0 saturated carbocycles. The fraction of sp³-hybridized carbons (Fsp3) is 0.533. The summed E-state index contributed by atoms with van der Waals surface area (Å²) in [6, 6.07) is 5.49. The molecule has 1 unspecified atom stereocenters. The quantitative estimate of drug-likeness (QED) is 0.932. The number of likely N-dealkylation sites (tertiary alicyclic amines) is 1. The Bertz CT molecular complexity index is 484. The number of benzene rings is 1. The molecule has 1 aliphatic heterocycles. The van der Waals surface area contributed by atoms with Gasteiger partial charge in [-0.25, -0.2) is 0 Å². The lowest BCUT2D eigenvalue weighted by molar-refractivity contribution is -0.139. The van der Waals surface area contributed by atoms with Crippen LogP contribution in [0.15, 0.2) is 18.2 Å². The molecule has 1 heterocycles. The van der Waals surface area contributed by atoms with Gasteiger partial charge in [-0.05, 0) is 44.4 Å². The van der Waals surface area contributed by atoms with Gasteiger partial charge in [-0.2, -0.15) is 0 Å². The number of rotatable bonds is 3. The molecule has 1 N–H and O–H groups in total. The van der Waals surface area contributed by atoms with E-state index in [0.29, 0.717) is 36.7 Å². The van der Waals surface area contributed by atoms with Gasteiger partial charge in [0.1, 0.15) is 5.75 Å². The standard InChI is InChI=1S/C15H20ClNO3/c1-10-3-4-13(16)14(9-10)20-11(2)15(19)17-7-5-12(18)6-8-17/h3-4,9,11-12,18H,5-8H2,1-2H3. The van der Waals surface area contributed by atoms with E-state index in [9.17, 15) is 9.90 Å². The molecule has 1 aromatic rings. The van der Waals surface area contributed by atoms with Gasteiger partial charge in [0.25, 0.3) is 5.91 Å². The van der Waals surface area contributed by atoms with Crippen molar-refractivity contribution in [2.24, 2.45) is 0 Å². The Labute approximate surface area is 124 Å². The van der Waals surface area contributed by atoms with Gasteiger partial charge in [-0.1, -0.05) is 17.7 Å². The maximum Gasteiger partial charge on any atom is 0.263 e. The van der Waals surface area contributed by atoms with Gasteiger partial charge in [0.15, 0.2) is 6.10 Å². The van der Waals surface area contributed by atoms with Crippen LogP contribution in [-0.4, -0.2) is 41.2 Å². The minimum atomic E-state index is -0.579. The van der Waals surface area contributed by atoms with E-state index in [1.54, 1.807) is 17.9 Å². The molecule has 0 aromatic heterocycles. The highest BCUT2D eigenvalue weighted by molar-refractivity contribution is 6.32. The Balaban J connectivity index is 1.98. The Morgan fingerprint density at radius 2 is 2.10 bits per heavy atom. The van der Waals surface area contributed by atoms with Crippen LogP contribution >= 0.6 is 11.6 Å². The number of nitrogens with zero attached hydrogens (tertiary/aromatic N) is 1. The number of amides is 1. The molecule has 5 heteroatoms. The average Bonchev–Trinajstić information content (AvgIpc) is 2.43. The van der Waals surface area contributed by atoms with Crippen molar-refractivity contribution in [3.63, 3.8) is 0 Å². The fourth-order valence-electron chi connectivity index (χ4n) is 2.29. The van der Waals surface area contributed by atoms with Crippen LogP contribution < -0.4 is 4.74 Å². The van der Waals surface area contributed by atoms with Crippen LogP contribution in [0.25, 0.3) is 0 Å². The maximum absolute atomic E-state index is 12.3. The number of aliphatic hydroxyl groups is 1. The topological polar surface area (TPSA) is 49.8 Å². The zero-order valence-electron chi connectivity index (χ0n) is 11.8. The predicted octanol–water partition coefficient (Wildman–Crippen LogP) is 2.40. The minimum absolute atomic E-state index is 0.0607. The molecule has 4 nitrogen and oxygen atoms in total. The molecule has 1 atom stereocenters. The first-order valence-corrected chi connectivity index (χ1v) is 7.25. The summed E-state index contributed by atoms with van der Waals surface area (Å²) in [5, 5.41) is 9.97. The van der Waals surface area contributed by atoms with Gasteiger partial charge in [-0.15, -0.1) is 0 Å². The zero-order chi connectivity index (χ0) is 14.7. The number of carbonyl (C=O) groups is 1. The largest absolute Gasteiger partial charge is 0.479 e. The molecular weight excluding hydrogens is 278 g/mol. The van der Waals surface area contributed by atoms with Crippen LogP contribution in [0.1, 0.15) is 25.3 Å². The van der Waals surface area contributed by atoms with E-state index in [2.05, 4.69) is 0 Å². The van der Waals surface area contributed by atoms with Gasteiger partial charge >= 0.3 is 0 Å². The summed E-state index contributed by atoms with van der Waals surface area (Å²) in [7, 11) is 0. The van der Waals surface area contributed by atoms with Crippen molar-refractivity contribution in [1.82, 2.24) is 4.90 Å². The molecule has 0 spiro atoms. The van der Waals surface area contributed by atoms with Crippen LogP contribution in [0.5, 0.6) is 5.75 Å². The van der Waals surface area contributed by atoms with Crippen molar-refractivity contribution in [2.75, 3.05) is 13.1 Å². The number of halogens is 1. The molecule has 1 aromatic carbocycles. The number of carbonyl (C=O) groups excluding carboxylic acids is 1. The van der Waals surface area contributed by atoms with E-state index in [1.165, 1.54) is 0 Å². The number of ether oxygens (including phenoxy) is 1. The third-order valence-corrected chi connectivity index (χ3v) is 3.83. The average molecular weight is 298 g/mol. The molecule has 1 saturated heterocycles. The van der Waals surface area contributed by atoms with Crippen LogP contribution in [0.3, 0.4) is 0 Å². The molecule has 1 aliphatic rings. The molecule has 110 valence electrons. The summed E-state index contributed by atoms with van der Waals surface area (Å²) >= 11 is 6.07. The second kappa shape index (κ2) is 6.46. The van der Waals surface area contributed by atoms with E-state index < -0.39 is 6.10 Å². The summed E-state index contributed by atoms with van der Waals surface area (Å²) in [4.78, 5) is 14.0. The molecular formula is C15H20ClNO3. The lowest BCUT2D eigenvalue weighted by atomic mass is 10.1. The summed E-state index contributed by atoms with van der Waals surface area (Å²) < 4.78 is 5.68. The summed E-state index contributed by atoms with van der Waals surface area (Å²) in [5.74, 6) is 0.471. The normalized spacial score (nSPS) is 17.9. The molecule has 0 aliphatic carbocycles. The molecule has 0 bridgehead atoms. The number of piperidine rings is 1. The number of aliphatic hydroxyl groups excluding tert-OH is 1. The first-order chi connectivity index (χ1) is 9.47. The Kier molecular flexibility index (Phi) is 4.89. The van der Waals surface area contributed by atoms with Gasteiger partial charge < -0.3 is 14.7 Å². The van der Waals surface area contributed by atoms with Gasteiger partial charge in [0.05, 0.1) is 11.1 Å². The van der Waals surface area contributed by atoms with E-state index in [-0.39, 0.29) is 12.0 Å². The SMILES string of the molecule is Cc1ccc(Cl)c(OC(C)C(=O)N2CCC(O)CC2)c1. The summed E-state index contributed by atoms with van der Waals surface area (Å²) in [5.41, 5.74) is 1.03. The van der Waals surface area contributed by atoms with Crippen molar-refractivity contribution < 1.29 is 14.6 Å². The molecule has 0 radical (unpaired) electrons. The predicted molar refractivity (Wildman–Crippen MR) is 78.1 cm³/mol. The van der Waals surface area contributed by atoms with Crippen LogP contribution in [0, 0.1) is 6.92 Å². The van der Waals surface area contributed by atoms with Gasteiger partial charge in [0, 0.05) is 13.1 Å². The van der Waals surface area contributed by atoms with Crippen molar-refractivity contribution in [2.45, 2.75) is 38.9 Å². The third-order valence-electron chi connectivity index (χ3n) is 3.51. The molecule has 1 fully saturated rings. The first kappa shape index (κ1) is 15.1. The van der Waals surface area contributed by atoms with Crippen molar-refractivity contribution >= 4 is 17.5 Å². The highest BCUT2D eigenvalue weighted by Crippen LogP contribution is 2.26. The van der Waals surface area contributed by atoms with Crippen molar-refractivity contribution in [1.29, 1.82) is 0 Å². The van der Waals surface area contributed by atoms with Crippen molar-refractivity contribution in [3.05, 3.63) is 28.8 Å². The van der Waals surface area contributed by atoms with E-state index in [1.807, 2.05) is 19.1 Å².